The molecule has 0 atom stereocenters. The second-order valence-corrected chi connectivity index (χ2v) is 6.89. The molecule has 3 heteroatoms. The molecule has 0 saturated carbocycles. The van der Waals surface area contributed by atoms with Crippen LogP contribution in [0.25, 0.3) is 6.08 Å². The summed E-state index contributed by atoms with van der Waals surface area (Å²) in [5.41, 5.74) is 3.04. The molecule has 29 heavy (non-hydrogen) atoms. The topological polar surface area (TPSA) is 30.5 Å². The monoisotopic (exact) mass is 387 g/mol. The van der Waals surface area contributed by atoms with Gasteiger partial charge in [-0.3, -0.25) is 0 Å². The molecule has 3 rings (SSSR count). The predicted octanol–water partition coefficient (Wildman–Crippen LogP) is 5.28. The largest absolute Gasteiger partial charge is 0.497 e. The summed E-state index contributed by atoms with van der Waals surface area (Å²) in [5.74, 6) is 0.873. The maximum Gasteiger partial charge on any atom is 0.119 e. The van der Waals surface area contributed by atoms with Gasteiger partial charge in [-0.25, -0.2) is 0 Å². The quantitative estimate of drug-likeness (QED) is 0.480. The summed E-state index contributed by atoms with van der Waals surface area (Å²) in [6.07, 6.45) is 5.10. The van der Waals surface area contributed by atoms with E-state index in [9.17, 15) is 0 Å². The van der Waals surface area contributed by atoms with E-state index in [-0.39, 0.29) is 0 Å². The van der Waals surface area contributed by atoms with Crippen molar-refractivity contribution in [2.75, 3.05) is 27.3 Å². The summed E-state index contributed by atoms with van der Waals surface area (Å²) in [6.45, 7) is 1.64. The Balaban J connectivity index is 1.62. The molecule has 0 aliphatic carbocycles. The molecule has 0 fully saturated rings. The summed E-state index contributed by atoms with van der Waals surface area (Å²) in [4.78, 5) is 0. The van der Waals surface area contributed by atoms with Crippen LogP contribution >= 0.6 is 0 Å². The van der Waals surface area contributed by atoms with E-state index in [0.717, 1.165) is 30.8 Å². The zero-order valence-corrected chi connectivity index (χ0v) is 17.2. The first-order valence-electron chi connectivity index (χ1n) is 9.96. The lowest BCUT2D eigenvalue weighted by molar-refractivity contribution is 0.0149. The van der Waals surface area contributed by atoms with Gasteiger partial charge in [-0.05, 0) is 41.8 Å². The predicted molar refractivity (Wildman–Crippen MR) is 120 cm³/mol. The van der Waals surface area contributed by atoms with E-state index in [1.165, 1.54) is 11.1 Å². The van der Waals surface area contributed by atoms with Gasteiger partial charge < -0.3 is 14.8 Å². The van der Waals surface area contributed by atoms with Gasteiger partial charge in [0.05, 0.1) is 7.11 Å². The molecule has 0 saturated heterocycles. The Bertz CT molecular complexity index is 834. The molecule has 0 heterocycles. The second-order valence-electron chi connectivity index (χ2n) is 6.89. The highest BCUT2D eigenvalue weighted by atomic mass is 16.5. The van der Waals surface area contributed by atoms with Crippen molar-refractivity contribution in [2.45, 2.75) is 12.0 Å². The number of benzene rings is 3. The highest BCUT2D eigenvalue weighted by Gasteiger charge is 2.33. The number of ether oxygens (including phenoxy) is 2. The molecule has 1 N–H and O–H groups in total. The van der Waals surface area contributed by atoms with Gasteiger partial charge in [-0.2, -0.15) is 0 Å². The first-order chi connectivity index (χ1) is 14.3. The fraction of sp³-hybridized carbons (Fsp3) is 0.231. The van der Waals surface area contributed by atoms with Crippen molar-refractivity contribution in [3.8, 4) is 5.75 Å². The van der Waals surface area contributed by atoms with E-state index < -0.39 is 5.60 Å². The van der Waals surface area contributed by atoms with Crippen LogP contribution in [0.4, 0.5) is 0 Å². The number of hydrogen-bond donors (Lipinski definition) is 1. The molecule has 3 nitrogen and oxygen atoms in total. The SMILES string of the molecule is COc1ccc(C=CCNCCC(OC)(c2ccccc2)c2ccccc2)cc1. The van der Waals surface area contributed by atoms with Crippen LogP contribution in [0.15, 0.2) is 91.0 Å². The van der Waals surface area contributed by atoms with E-state index in [4.69, 9.17) is 9.47 Å². The molecule has 0 bridgehead atoms. The molecule has 0 aliphatic rings. The fourth-order valence-corrected chi connectivity index (χ4v) is 3.57. The van der Waals surface area contributed by atoms with Crippen LogP contribution in [-0.2, 0) is 10.3 Å². The molecule has 0 unspecified atom stereocenters. The Labute approximate surface area is 174 Å². The molecule has 0 spiro atoms. The van der Waals surface area contributed by atoms with Crippen molar-refractivity contribution in [3.63, 3.8) is 0 Å². The Kier molecular flexibility index (Phi) is 7.62. The van der Waals surface area contributed by atoms with E-state index in [2.05, 4.69) is 78.1 Å². The normalized spacial score (nSPS) is 11.7. The third-order valence-electron chi connectivity index (χ3n) is 5.17. The van der Waals surface area contributed by atoms with Gasteiger partial charge in [0.25, 0.3) is 0 Å². The van der Waals surface area contributed by atoms with Gasteiger partial charge in [0.2, 0.25) is 0 Å². The molecule has 0 aliphatic heterocycles. The van der Waals surface area contributed by atoms with Crippen molar-refractivity contribution in [2.24, 2.45) is 0 Å². The maximum absolute atomic E-state index is 6.14. The van der Waals surface area contributed by atoms with Crippen LogP contribution in [0.2, 0.25) is 0 Å². The lowest BCUT2D eigenvalue weighted by Crippen LogP contribution is -2.34. The van der Waals surface area contributed by atoms with Gasteiger partial charge in [0.15, 0.2) is 0 Å². The van der Waals surface area contributed by atoms with Crippen LogP contribution in [0.5, 0.6) is 5.75 Å². The van der Waals surface area contributed by atoms with Gasteiger partial charge >= 0.3 is 0 Å². The van der Waals surface area contributed by atoms with Crippen LogP contribution in [0, 0.1) is 0 Å². The van der Waals surface area contributed by atoms with Crippen molar-refractivity contribution in [1.82, 2.24) is 5.32 Å². The van der Waals surface area contributed by atoms with E-state index in [1.807, 2.05) is 24.3 Å². The number of rotatable bonds is 10. The number of nitrogens with one attached hydrogen (secondary N) is 1. The smallest absolute Gasteiger partial charge is 0.119 e. The van der Waals surface area contributed by atoms with Crippen LogP contribution in [0.1, 0.15) is 23.1 Å². The zero-order valence-electron chi connectivity index (χ0n) is 17.2. The van der Waals surface area contributed by atoms with Crippen LogP contribution in [-0.4, -0.2) is 27.3 Å². The second kappa shape index (κ2) is 10.6. The molecular formula is C26H29NO2. The zero-order chi connectivity index (χ0) is 20.4. The van der Waals surface area contributed by atoms with Gasteiger partial charge in [-0.1, -0.05) is 84.9 Å². The van der Waals surface area contributed by atoms with Crippen molar-refractivity contribution in [1.29, 1.82) is 0 Å². The fourth-order valence-electron chi connectivity index (χ4n) is 3.57. The van der Waals surface area contributed by atoms with Crippen LogP contribution < -0.4 is 10.1 Å². The minimum absolute atomic E-state index is 0.463. The summed E-state index contributed by atoms with van der Waals surface area (Å²) in [5, 5.41) is 3.52. The summed E-state index contributed by atoms with van der Waals surface area (Å²) < 4.78 is 11.3. The summed E-state index contributed by atoms with van der Waals surface area (Å²) in [6, 6.07) is 28.9. The molecule has 0 radical (unpaired) electrons. The number of hydrogen-bond acceptors (Lipinski definition) is 3. The molecular weight excluding hydrogens is 358 g/mol. The van der Waals surface area contributed by atoms with E-state index >= 15 is 0 Å². The Hall–Kier alpha value is -2.88. The first-order valence-corrected chi connectivity index (χ1v) is 9.96. The first kappa shape index (κ1) is 20.8. The van der Waals surface area contributed by atoms with Gasteiger partial charge in [0.1, 0.15) is 11.4 Å². The van der Waals surface area contributed by atoms with E-state index in [0.29, 0.717) is 0 Å². The standard InChI is InChI=1S/C26H29NO2/c1-28-25-17-15-22(16-18-25)10-9-20-27-21-19-26(29-2,23-11-5-3-6-12-23)24-13-7-4-8-14-24/h3-18,27H,19-21H2,1-2H3. The Morgan fingerprint density at radius 2 is 1.38 bits per heavy atom. The third-order valence-corrected chi connectivity index (χ3v) is 5.17. The van der Waals surface area contributed by atoms with E-state index in [1.54, 1.807) is 14.2 Å². The minimum atomic E-state index is -0.463. The van der Waals surface area contributed by atoms with Crippen molar-refractivity contribution >= 4 is 6.08 Å². The van der Waals surface area contributed by atoms with Gasteiger partial charge in [0, 0.05) is 13.7 Å². The molecule has 0 amide bonds. The van der Waals surface area contributed by atoms with Gasteiger partial charge in [-0.15, -0.1) is 0 Å². The van der Waals surface area contributed by atoms with Crippen molar-refractivity contribution in [3.05, 3.63) is 108 Å². The average molecular weight is 388 g/mol. The highest BCUT2D eigenvalue weighted by Crippen LogP contribution is 2.36. The molecule has 150 valence electrons. The average Bonchev–Trinajstić information content (AvgIpc) is 2.80. The third kappa shape index (κ3) is 5.35. The minimum Gasteiger partial charge on any atom is -0.497 e. The lowest BCUT2D eigenvalue weighted by atomic mass is 9.83. The molecule has 3 aromatic carbocycles. The molecule has 3 aromatic rings. The van der Waals surface area contributed by atoms with Crippen molar-refractivity contribution < 1.29 is 9.47 Å². The molecule has 0 aromatic heterocycles. The summed E-state index contributed by atoms with van der Waals surface area (Å²) in [7, 11) is 3.48. The van der Waals surface area contributed by atoms with Crippen LogP contribution in [0.3, 0.4) is 0 Å². The number of methoxy groups -OCH3 is 2. The Morgan fingerprint density at radius 3 is 1.90 bits per heavy atom. The maximum atomic E-state index is 6.14. The highest BCUT2D eigenvalue weighted by molar-refractivity contribution is 5.50. The lowest BCUT2D eigenvalue weighted by Gasteiger charge is -2.34. The Morgan fingerprint density at radius 1 is 0.793 bits per heavy atom. The summed E-state index contributed by atoms with van der Waals surface area (Å²) >= 11 is 0.